The van der Waals surface area contributed by atoms with Crippen LogP contribution in [-0.4, -0.2) is 18.3 Å². The summed E-state index contributed by atoms with van der Waals surface area (Å²) in [6, 6.07) is 17.4. The van der Waals surface area contributed by atoms with Gasteiger partial charge < -0.3 is 9.31 Å². The van der Waals surface area contributed by atoms with Gasteiger partial charge in [-0.2, -0.15) is 17.6 Å². The Hall–Kier alpha value is -2.94. The second kappa shape index (κ2) is 10.0. The Morgan fingerprint density at radius 3 is 1.45 bits per heavy atom. The Morgan fingerprint density at radius 1 is 0.545 bits per heavy atom. The van der Waals surface area contributed by atoms with E-state index in [-0.39, 0.29) is 22.3 Å². The molecule has 0 bridgehead atoms. The third kappa shape index (κ3) is 4.67. The van der Waals surface area contributed by atoms with E-state index in [9.17, 15) is 8.78 Å². The van der Waals surface area contributed by atoms with E-state index >= 15 is 8.78 Å². The number of fused-ring (bicyclic) bond motifs is 6. The van der Waals surface area contributed by atoms with E-state index in [4.69, 9.17) is 9.31 Å². The zero-order chi connectivity index (χ0) is 32.1. The molecule has 1 heterocycles. The van der Waals surface area contributed by atoms with Crippen molar-refractivity contribution in [2.75, 3.05) is 0 Å². The Kier molecular flexibility index (Phi) is 7.08. The SMILES string of the molecule is Cc1ccc2c(c1)-c1cc(C)cc(B3OC(C)(C)C(C)(C)O3)c1C2(F)F.Cc1ccc2c(c1)-c1cc(C)cc(Br)c1C2(F)F. The smallest absolute Gasteiger partial charge is 0.399 e. The van der Waals surface area contributed by atoms with Gasteiger partial charge in [0.05, 0.1) is 11.2 Å². The molecule has 3 aliphatic rings. The van der Waals surface area contributed by atoms with Gasteiger partial charge in [-0.05, 0) is 94.7 Å². The molecule has 2 aliphatic carbocycles. The third-order valence-corrected chi connectivity index (χ3v) is 9.92. The minimum atomic E-state index is -3.06. The molecule has 0 N–H and O–H groups in total. The molecule has 0 atom stereocenters. The number of hydrogen-bond acceptors (Lipinski definition) is 2. The highest BCUT2D eigenvalue weighted by Gasteiger charge is 2.55. The van der Waals surface area contributed by atoms with Crippen LogP contribution in [0.4, 0.5) is 17.6 Å². The normalized spacial score (nSPS) is 19.1. The van der Waals surface area contributed by atoms with Crippen molar-refractivity contribution in [3.8, 4) is 22.3 Å². The molecule has 0 unspecified atom stereocenters. The summed E-state index contributed by atoms with van der Waals surface area (Å²) in [5, 5.41) is 0. The van der Waals surface area contributed by atoms with Crippen LogP contribution < -0.4 is 5.46 Å². The van der Waals surface area contributed by atoms with Crippen LogP contribution >= 0.6 is 15.9 Å². The summed E-state index contributed by atoms with van der Waals surface area (Å²) in [4.78, 5) is 0. The van der Waals surface area contributed by atoms with Crippen molar-refractivity contribution in [2.24, 2.45) is 0 Å². The van der Waals surface area contributed by atoms with E-state index in [2.05, 4.69) is 15.9 Å². The van der Waals surface area contributed by atoms with E-state index in [0.717, 1.165) is 22.3 Å². The van der Waals surface area contributed by atoms with Gasteiger partial charge in [-0.15, -0.1) is 0 Å². The lowest BCUT2D eigenvalue weighted by atomic mass is 9.73. The highest BCUT2D eigenvalue weighted by Crippen LogP contribution is 2.54. The van der Waals surface area contributed by atoms with Crippen molar-refractivity contribution >= 4 is 28.5 Å². The van der Waals surface area contributed by atoms with E-state index in [1.54, 1.807) is 24.3 Å². The lowest BCUT2D eigenvalue weighted by Gasteiger charge is -2.32. The number of halogens is 5. The summed E-state index contributed by atoms with van der Waals surface area (Å²) in [6.45, 7) is 15.4. The van der Waals surface area contributed by atoms with Crippen LogP contribution in [0.3, 0.4) is 0 Å². The molecular weight excluding hydrogens is 631 g/mol. The summed E-state index contributed by atoms with van der Waals surface area (Å²) in [6.07, 6.45) is 0. The van der Waals surface area contributed by atoms with Crippen molar-refractivity contribution in [3.05, 3.63) is 110 Å². The molecule has 228 valence electrons. The van der Waals surface area contributed by atoms with Crippen LogP contribution in [0.1, 0.15) is 72.2 Å². The first-order chi connectivity index (χ1) is 20.3. The molecular formula is C36H34BBrF4O2. The predicted molar refractivity (Wildman–Crippen MR) is 172 cm³/mol. The highest BCUT2D eigenvalue weighted by molar-refractivity contribution is 9.10. The Bertz CT molecular complexity index is 1830. The summed E-state index contributed by atoms with van der Waals surface area (Å²) in [7, 11) is -0.810. The molecule has 0 spiro atoms. The molecule has 8 heteroatoms. The van der Waals surface area contributed by atoms with Crippen molar-refractivity contribution in [1.29, 1.82) is 0 Å². The van der Waals surface area contributed by atoms with Gasteiger partial charge >= 0.3 is 13.0 Å². The molecule has 1 saturated heterocycles. The first-order valence-corrected chi connectivity index (χ1v) is 15.4. The topological polar surface area (TPSA) is 18.5 Å². The number of alkyl halides is 4. The average molecular weight is 665 g/mol. The van der Waals surface area contributed by atoms with Gasteiger partial charge in [0, 0.05) is 26.7 Å². The highest BCUT2D eigenvalue weighted by atomic mass is 79.9. The van der Waals surface area contributed by atoms with Gasteiger partial charge in [0.15, 0.2) is 0 Å². The number of aryl methyl sites for hydroxylation is 4. The monoisotopic (exact) mass is 664 g/mol. The van der Waals surface area contributed by atoms with Gasteiger partial charge in [0.25, 0.3) is 5.92 Å². The largest absolute Gasteiger partial charge is 0.495 e. The molecule has 4 aromatic rings. The van der Waals surface area contributed by atoms with Crippen molar-refractivity contribution < 1.29 is 26.9 Å². The maximum atomic E-state index is 15.4. The lowest BCUT2D eigenvalue weighted by molar-refractivity contribution is 0.00578. The second-order valence-corrected chi connectivity index (χ2v) is 14.1. The molecule has 4 aromatic carbocycles. The summed E-state index contributed by atoms with van der Waals surface area (Å²) in [5.41, 5.74) is 5.88. The molecule has 0 saturated carbocycles. The molecule has 0 radical (unpaired) electrons. The van der Waals surface area contributed by atoms with Crippen molar-refractivity contribution in [2.45, 2.75) is 78.4 Å². The van der Waals surface area contributed by atoms with Crippen LogP contribution in [-0.2, 0) is 21.2 Å². The van der Waals surface area contributed by atoms with Crippen LogP contribution in [0, 0.1) is 27.7 Å². The predicted octanol–water partition coefficient (Wildman–Crippen LogP) is 9.91. The Labute approximate surface area is 265 Å². The summed E-state index contributed by atoms with van der Waals surface area (Å²) in [5.74, 6) is -5.98. The van der Waals surface area contributed by atoms with E-state index in [1.165, 1.54) is 12.1 Å². The molecule has 7 rings (SSSR count). The molecule has 44 heavy (non-hydrogen) atoms. The summed E-state index contributed by atoms with van der Waals surface area (Å²) >= 11 is 3.27. The van der Waals surface area contributed by atoms with Gasteiger partial charge in [-0.1, -0.05) is 87.2 Å². The molecule has 0 aromatic heterocycles. The number of rotatable bonds is 1. The van der Waals surface area contributed by atoms with Crippen molar-refractivity contribution in [1.82, 2.24) is 0 Å². The van der Waals surface area contributed by atoms with Crippen LogP contribution in [0.2, 0.25) is 0 Å². The average Bonchev–Trinajstić information content (AvgIpc) is 3.36. The van der Waals surface area contributed by atoms with E-state index in [1.807, 2.05) is 79.7 Å². The molecule has 2 nitrogen and oxygen atoms in total. The van der Waals surface area contributed by atoms with Gasteiger partial charge in [0.2, 0.25) is 0 Å². The van der Waals surface area contributed by atoms with Crippen molar-refractivity contribution in [3.63, 3.8) is 0 Å². The van der Waals surface area contributed by atoms with Gasteiger partial charge in [-0.3, -0.25) is 0 Å². The van der Waals surface area contributed by atoms with Crippen LogP contribution in [0.15, 0.2) is 65.1 Å². The molecule has 1 aliphatic heterocycles. The fourth-order valence-corrected chi connectivity index (χ4v) is 7.21. The van der Waals surface area contributed by atoms with Crippen LogP contribution in [0.25, 0.3) is 22.3 Å². The van der Waals surface area contributed by atoms with Gasteiger partial charge in [0.1, 0.15) is 0 Å². The Morgan fingerprint density at radius 2 is 0.955 bits per heavy atom. The Balaban J connectivity index is 0.000000167. The zero-order valence-electron chi connectivity index (χ0n) is 26.1. The minimum absolute atomic E-state index is 0.0159. The van der Waals surface area contributed by atoms with Gasteiger partial charge in [-0.25, -0.2) is 0 Å². The quantitative estimate of drug-likeness (QED) is 0.149. The van der Waals surface area contributed by atoms with E-state index in [0.29, 0.717) is 32.2 Å². The van der Waals surface area contributed by atoms with E-state index < -0.39 is 30.2 Å². The number of hydrogen-bond donors (Lipinski definition) is 0. The maximum absolute atomic E-state index is 15.4. The zero-order valence-corrected chi connectivity index (χ0v) is 27.6. The second-order valence-electron chi connectivity index (χ2n) is 13.3. The first-order valence-electron chi connectivity index (χ1n) is 14.6. The maximum Gasteiger partial charge on any atom is 0.495 e. The molecule has 0 amide bonds. The van der Waals surface area contributed by atoms with Crippen LogP contribution in [0.5, 0.6) is 0 Å². The minimum Gasteiger partial charge on any atom is -0.399 e. The lowest BCUT2D eigenvalue weighted by Crippen LogP contribution is -2.41. The molecule has 1 fully saturated rings. The number of benzene rings is 4. The third-order valence-electron chi connectivity index (χ3n) is 9.29. The standard InChI is InChI=1S/C21H23BF2O2.C15H11BrF2/c1-12-7-8-16-14(9-12)15-10-13(2)11-17(18(15)21(16,23)24)22-25-19(3,4)20(5,6)26-22;1-8-3-4-12-10(5-8)11-6-9(2)7-13(16)14(11)15(12,17)18/h7-11H,1-6H3;3-7H,1-2H3. The fourth-order valence-electron chi connectivity index (χ4n) is 6.39. The fraction of sp³-hybridized carbons (Fsp3) is 0.333. The first kappa shape index (κ1) is 31.1. The summed E-state index contributed by atoms with van der Waals surface area (Å²) < 4.78 is 72.3.